The Morgan fingerprint density at radius 3 is 2.89 bits per heavy atom. The summed E-state index contributed by atoms with van der Waals surface area (Å²) < 4.78 is 5.27. The van der Waals surface area contributed by atoms with E-state index in [1.54, 1.807) is 11.3 Å². The highest BCUT2D eigenvalue weighted by atomic mass is 32.1. The van der Waals surface area contributed by atoms with Gasteiger partial charge in [-0.25, -0.2) is 0 Å². The van der Waals surface area contributed by atoms with Crippen molar-refractivity contribution in [2.24, 2.45) is 0 Å². The number of morpholine rings is 1. The van der Waals surface area contributed by atoms with E-state index in [1.165, 1.54) is 4.88 Å². The molecule has 2 heterocycles. The Morgan fingerprint density at radius 1 is 1.53 bits per heavy atom. The van der Waals surface area contributed by atoms with Gasteiger partial charge in [0.1, 0.15) is 0 Å². The molecule has 0 aromatic carbocycles. The van der Waals surface area contributed by atoms with E-state index >= 15 is 0 Å². The second-order valence-corrected chi connectivity index (χ2v) is 6.07. The van der Waals surface area contributed by atoms with Gasteiger partial charge in [-0.2, -0.15) is 0 Å². The molecule has 0 N–H and O–H groups in total. The first-order valence-electron chi connectivity index (χ1n) is 6.75. The van der Waals surface area contributed by atoms with Crippen LogP contribution in [0.5, 0.6) is 0 Å². The van der Waals surface area contributed by atoms with Gasteiger partial charge < -0.3 is 9.64 Å². The minimum absolute atomic E-state index is 0.212. The molecule has 1 aromatic heterocycles. The van der Waals surface area contributed by atoms with Gasteiger partial charge in [-0.15, -0.1) is 11.3 Å². The SMILES string of the molecule is CC(Cc1cccs1)N(C)CC(=O)N1CCOCC1. The van der Waals surface area contributed by atoms with E-state index in [0.29, 0.717) is 25.8 Å². The second-order valence-electron chi connectivity index (χ2n) is 5.04. The standard InChI is InChI=1S/C14H22N2O2S/c1-12(10-13-4-3-9-19-13)15(2)11-14(17)16-5-7-18-8-6-16/h3-4,9,12H,5-8,10-11H2,1-2H3. The molecule has 1 atom stereocenters. The monoisotopic (exact) mass is 282 g/mol. The summed E-state index contributed by atoms with van der Waals surface area (Å²) in [6.45, 7) is 5.46. The molecule has 1 saturated heterocycles. The van der Waals surface area contributed by atoms with Gasteiger partial charge in [0, 0.05) is 24.0 Å². The summed E-state index contributed by atoms with van der Waals surface area (Å²) in [6.07, 6.45) is 1.00. The number of likely N-dealkylation sites (N-methyl/N-ethyl adjacent to an activating group) is 1. The average Bonchev–Trinajstić information content (AvgIpc) is 2.92. The molecule has 5 heteroatoms. The van der Waals surface area contributed by atoms with Gasteiger partial charge in [-0.05, 0) is 31.8 Å². The third kappa shape index (κ3) is 4.30. The number of rotatable bonds is 5. The van der Waals surface area contributed by atoms with Gasteiger partial charge in [0.2, 0.25) is 5.91 Å². The van der Waals surface area contributed by atoms with Crippen LogP contribution in [0, 0.1) is 0 Å². The van der Waals surface area contributed by atoms with Crippen LogP contribution in [-0.2, 0) is 16.0 Å². The zero-order valence-corrected chi connectivity index (χ0v) is 12.5. The van der Waals surface area contributed by atoms with Crippen LogP contribution in [0.4, 0.5) is 0 Å². The van der Waals surface area contributed by atoms with Gasteiger partial charge in [0.25, 0.3) is 0 Å². The Balaban J connectivity index is 1.78. The third-order valence-electron chi connectivity index (χ3n) is 3.58. The molecular formula is C14H22N2O2S. The van der Waals surface area contributed by atoms with Crippen molar-refractivity contribution in [3.05, 3.63) is 22.4 Å². The lowest BCUT2D eigenvalue weighted by molar-refractivity contribution is -0.136. The van der Waals surface area contributed by atoms with Gasteiger partial charge in [-0.1, -0.05) is 6.07 Å². The molecule has 1 aliphatic heterocycles. The summed E-state index contributed by atoms with van der Waals surface area (Å²) in [4.78, 5) is 17.6. The summed E-state index contributed by atoms with van der Waals surface area (Å²) in [7, 11) is 2.02. The van der Waals surface area contributed by atoms with Crippen LogP contribution in [0.1, 0.15) is 11.8 Å². The van der Waals surface area contributed by atoms with Crippen LogP contribution < -0.4 is 0 Å². The minimum Gasteiger partial charge on any atom is -0.378 e. The highest BCUT2D eigenvalue weighted by molar-refractivity contribution is 7.09. The molecule has 106 valence electrons. The van der Waals surface area contributed by atoms with Gasteiger partial charge in [-0.3, -0.25) is 9.69 Å². The molecule has 1 fully saturated rings. The molecule has 0 bridgehead atoms. The number of amides is 1. The first kappa shape index (κ1) is 14.5. The molecule has 1 amide bonds. The van der Waals surface area contributed by atoms with Crippen LogP contribution in [0.3, 0.4) is 0 Å². The normalized spacial score (nSPS) is 17.7. The topological polar surface area (TPSA) is 32.8 Å². The van der Waals surface area contributed by atoms with E-state index in [2.05, 4.69) is 29.3 Å². The molecular weight excluding hydrogens is 260 g/mol. The molecule has 0 radical (unpaired) electrons. The Bertz CT molecular complexity index is 388. The fourth-order valence-corrected chi connectivity index (χ4v) is 2.98. The number of carbonyl (C=O) groups excluding carboxylic acids is 1. The average molecular weight is 282 g/mol. The Kier molecular flexibility index (Phi) is 5.36. The molecule has 1 aromatic rings. The summed E-state index contributed by atoms with van der Waals surface area (Å²) in [5, 5.41) is 2.10. The van der Waals surface area contributed by atoms with Crippen molar-refractivity contribution in [3.63, 3.8) is 0 Å². The molecule has 2 rings (SSSR count). The lowest BCUT2D eigenvalue weighted by Crippen LogP contribution is -2.46. The number of hydrogen-bond donors (Lipinski definition) is 0. The number of ether oxygens (including phenoxy) is 1. The van der Waals surface area contributed by atoms with Crippen molar-refractivity contribution in [1.29, 1.82) is 0 Å². The van der Waals surface area contributed by atoms with Crippen LogP contribution in [-0.4, -0.2) is 61.6 Å². The largest absolute Gasteiger partial charge is 0.378 e. The highest BCUT2D eigenvalue weighted by Crippen LogP contribution is 2.13. The van der Waals surface area contributed by atoms with E-state index in [0.717, 1.165) is 19.5 Å². The molecule has 1 unspecified atom stereocenters. The highest BCUT2D eigenvalue weighted by Gasteiger charge is 2.20. The molecule has 4 nitrogen and oxygen atoms in total. The zero-order valence-electron chi connectivity index (χ0n) is 11.7. The summed E-state index contributed by atoms with van der Waals surface area (Å²) in [5.41, 5.74) is 0. The Morgan fingerprint density at radius 2 is 2.26 bits per heavy atom. The zero-order chi connectivity index (χ0) is 13.7. The minimum atomic E-state index is 0.212. The molecule has 0 spiro atoms. The van der Waals surface area contributed by atoms with E-state index in [9.17, 15) is 4.79 Å². The van der Waals surface area contributed by atoms with Crippen molar-refractivity contribution in [2.45, 2.75) is 19.4 Å². The molecule has 19 heavy (non-hydrogen) atoms. The molecule has 0 saturated carbocycles. The summed E-state index contributed by atoms with van der Waals surface area (Å²) in [5.74, 6) is 0.212. The van der Waals surface area contributed by atoms with Crippen LogP contribution in [0.2, 0.25) is 0 Å². The van der Waals surface area contributed by atoms with Gasteiger partial charge in [0.15, 0.2) is 0 Å². The van der Waals surface area contributed by atoms with E-state index < -0.39 is 0 Å². The first-order chi connectivity index (χ1) is 9.16. The van der Waals surface area contributed by atoms with Crippen molar-refractivity contribution >= 4 is 17.2 Å². The Labute approximate surface area is 119 Å². The van der Waals surface area contributed by atoms with Crippen molar-refractivity contribution < 1.29 is 9.53 Å². The number of thiophene rings is 1. The lowest BCUT2D eigenvalue weighted by Gasteiger charge is -2.30. The number of hydrogen-bond acceptors (Lipinski definition) is 4. The third-order valence-corrected chi connectivity index (χ3v) is 4.48. The Hall–Kier alpha value is -0.910. The fourth-order valence-electron chi connectivity index (χ4n) is 2.16. The van der Waals surface area contributed by atoms with Crippen LogP contribution >= 0.6 is 11.3 Å². The predicted octanol–water partition coefficient (Wildman–Crippen LogP) is 1.47. The van der Waals surface area contributed by atoms with Crippen molar-refractivity contribution in [2.75, 3.05) is 39.9 Å². The van der Waals surface area contributed by atoms with Crippen LogP contribution in [0.25, 0.3) is 0 Å². The van der Waals surface area contributed by atoms with Gasteiger partial charge >= 0.3 is 0 Å². The lowest BCUT2D eigenvalue weighted by atomic mass is 10.2. The molecule has 0 aliphatic carbocycles. The number of nitrogens with zero attached hydrogens (tertiary/aromatic N) is 2. The quantitative estimate of drug-likeness (QED) is 0.820. The summed E-state index contributed by atoms with van der Waals surface area (Å²) in [6, 6.07) is 4.60. The van der Waals surface area contributed by atoms with E-state index in [1.807, 2.05) is 11.9 Å². The van der Waals surface area contributed by atoms with Gasteiger partial charge in [0.05, 0.1) is 19.8 Å². The summed E-state index contributed by atoms with van der Waals surface area (Å²) >= 11 is 1.78. The maximum absolute atomic E-state index is 12.1. The van der Waals surface area contributed by atoms with Crippen molar-refractivity contribution in [1.82, 2.24) is 9.80 Å². The van der Waals surface area contributed by atoms with Crippen molar-refractivity contribution in [3.8, 4) is 0 Å². The van der Waals surface area contributed by atoms with Crippen LogP contribution in [0.15, 0.2) is 17.5 Å². The smallest absolute Gasteiger partial charge is 0.236 e. The predicted molar refractivity (Wildman–Crippen MR) is 77.5 cm³/mol. The maximum Gasteiger partial charge on any atom is 0.236 e. The van der Waals surface area contributed by atoms with E-state index in [-0.39, 0.29) is 5.91 Å². The maximum atomic E-state index is 12.1. The number of carbonyl (C=O) groups is 1. The molecule has 1 aliphatic rings. The second kappa shape index (κ2) is 7.03. The fraction of sp³-hybridized carbons (Fsp3) is 0.643. The van der Waals surface area contributed by atoms with E-state index in [4.69, 9.17) is 4.74 Å². The first-order valence-corrected chi connectivity index (χ1v) is 7.63.